The third kappa shape index (κ3) is 2.66. The highest BCUT2D eigenvalue weighted by atomic mass is 79.9. The van der Waals surface area contributed by atoms with Crippen molar-refractivity contribution < 1.29 is 4.74 Å². The van der Waals surface area contributed by atoms with Crippen molar-refractivity contribution in [2.24, 2.45) is 5.92 Å². The summed E-state index contributed by atoms with van der Waals surface area (Å²) in [6.45, 7) is 3.88. The molecular weight excluding hydrogens is 258 g/mol. The van der Waals surface area contributed by atoms with E-state index >= 15 is 0 Å². The summed E-state index contributed by atoms with van der Waals surface area (Å²) >= 11 is 3.41. The Hall–Kier alpha value is -0.680. The predicted octanol–water partition coefficient (Wildman–Crippen LogP) is 2.08. The number of anilines is 1. The minimum atomic E-state index is 0.374. The second-order valence-electron chi connectivity index (χ2n) is 3.78. The van der Waals surface area contributed by atoms with Gasteiger partial charge in [-0.15, -0.1) is 0 Å². The molecule has 1 saturated heterocycles. The summed E-state index contributed by atoms with van der Waals surface area (Å²) < 4.78 is 6.26. The summed E-state index contributed by atoms with van der Waals surface area (Å²) in [4.78, 5) is 8.11. The van der Waals surface area contributed by atoms with E-state index in [0.29, 0.717) is 12.0 Å². The number of aromatic nitrogens is 2. The van der Waals surface area contributed by atoms with Crippen LogP contribution in [0.3, 0.4) is 0 Å². The molecule has 1 fully saturated rings. The molecule has 2 unspecified atom stereocenters. The monoisotopic (exact) mass is 271 g/mol. The molecule has 0 saturated carbocycles. The molecule has 2 atom stereocenters. The topological polar surface area (TPSA) is 47.0 Å². The number of hydrogen-bond acceptors (Lipinski definition) is 4. The highest BCUT2D eigenvalue weighted by Crippen LogP contribution is 2.23. The van der Waals surface area contributed by atoms with Crippen LogP contribution in [-0.4, -0.2) is 29.2 Å². The maximum atomic E-state index is 5.36. The maximum absolute atomic E-state index is 5.36. The van der Waals surface area contributed by atoms with Crippen LogP contribution < -0.4 is 5.32 Å². The van der Waals surface area contributed by atoms with Gasteiger partial charge < -0.3 is 10.1 Å². The van der Waals surface area contributed by atoms with Crippen molar-refractivity contribution >= 4 is 21.7 Å². The molecule has 1 aromatic heterocycles. The summed E-state index contributed by atoms with van der Waals surface area (Å²) in [6, 6.07) is 0.374. The fourth-order valence-electron chi connectivity index (χ4n) is 1.70. The molecule has 0 aliphatic carbocycles. The van der Waals surface area contributed by atoms with Crippen LogP contribution in [0.5, 0.6) is 0 Å². The molecule has 0 radical (unpaired) electrons. The Labute approximate surface area is 97.6 Å². The lowest BCUT2D eigenvalue weighted by Crippen LogP contribution is -2.26. The van der Waals surface area contributed by atoms with Crippen LogP contribution in [0.15, 0.2) is 17.0 Å². The molecule has 1 aliphatic rings. The van der Waals surface area contributed by atoms with Gasteiger partial charge in [0.05, 0.1) is 11.1 Å². The Morgan fingerprint density at radius 3 is 3.20 bits per heavy atom. The molecule has 1 N–H and O–H groups in total. The number of nitrogens with zero attached hydrogens (tertiary/aromatic N) is 2. The van der Waals surface area contributed by atoms with Gasteiger partial charge in [0.15, 0.2) is 0 Å². The van der Waals surface area contributed by atoms with Crippen LogP contribution in [-0.2, 0) is 4.74 Å². The quantitative estimate of drug-likeness (QED) is 0.915. The summed E-state index contributed by atoms with van der Waals surface area (Å²) in [7, 11) is 0. The average molecular weight is 272 g/mol. The highest BCUT2D eigenvalue weighted by Gasteiger charge is 2.22. The molecule has 1 aliphatic heterocycles. The average Bonchev–Trinajstić information content (AvgIpc) is 2.74. The van der Waals surface area contributed by atoms with Crippen LogP contribution in [0.4, 0.5) is 5.82 Å². The van der Waals surface area contributed by atoms with Crippen molar-refractivity contribution in [3.63, 3.8) is 0 Å². The Kier molecular flexibility index (Phi) is 3.53. The zero-order valence-electron chi connectivity index (χ0n) is 8.61. The minimum absolute atomic E-state index is 0.374. The van der Waals surface area contributed by atoms with Crippen molar-refractivity contribution in [1.82, 2.24) is 9.97 Å². The zero-order chi connectivity index (χ0) is 10.7. The first kappa shape index (κ1) is 10.8. The van der Waals surface area contributed by atoms with Gasteiger partial charge in [-0.1, -0.05) is 0 Å². The van der Waals surface area contributed by atoms with E-state index in [1.807, 2.05) is 0 Å². The van der Waals surface area contributed by atoms with Gasteiger partial charge in [-0.25, -0.2) is 9.97 Å². The van der Waals surface area contributed by atoms with E-state index in [9.17, 15) is 0 Å². The number of ether oxygens (including phenoxy) is 1. The standard InChI is InChI=1S/C10H14BrN3O/c1-7(8-2-3-15-5-8)14-10-9(11)4-12-6-13-10/h4,6-8H,2-3,5H2,1H3,(H,12,13,14). The summed E-state index contributed by atoms with van der Waals surface area (Å²) in [6.07, 6.45) is 4.41. The fourth-order valence-corrected chi connectivity index (χ4v) is 2.03. The molecule has 2 heterocycles. The van der Waals surface area contributed by atoms with Gasteiger partial charge in [0.2, 0.25) is 0 Å². The van der Waals surface area contributed by atoms with Crippen molar-refractivity contribution in [1.29, 1.82) is 0 Å². The van der Waals surface area contributed by atoms with E-state index in [4.69, 9.17) is 4.74 Å². The third-order valence-electron chi connectivity index (χ3n) is 2.70. The second-order valence-corrected chi connectivity index (χ2v) is 4.63. The maximum Gasteiger partial charge on any atom is 0.143 e. The Balaban J connectivity index is 1.99. The van der Waals surface area contributed by atoms with E-state index < -0.39 is 0 Å². The van der Waals surface area contributed by atoms with Crippen molar-refractivity contribution in [3.8, 4) is 0 Å². The van der Waals surface area contributed by atoms with Gasteiger partial charge in [0.25, 0.3) is 0 Å². The van der Waals surface area contributed by atoms with Gasteiger partial charge in [-0.3, -0.25) is 0 Å². The van der Waals surface area contributed by atoms with Crippen LogP contribution in [0.25, 0.3) is 0 Å². The molecule has 2 rings (SSSR count). The van der Waals surface area contributed by atoms with Gasteiger partial charge in [-0.05, 0) is 29.3 Å². The predicted molar refractivity (Wildman–Crippen MR) is 61.7 cm³/mol. The SMILES string of the molecule is CC(Nc1ncncc1Br)C1CCOC1. The lowest BCUT2D eigenvalue weighted by molar-refractivity contribution is 0.183. The Morgan fingerprint density at radius 1 is 1.67 bits per heavy atom. The van der Waals surface area contributed by atoms with Crippen molar-refractivity contribution in [2.45, 2.75) is 19.4 Å². The van der Waals surface area contributed by atoms with E-state index in [2.05, 4.69) is 38.1 Å². The fraction of sp³-hybridized carbons (Fsp3) is 0.600. The van der Waals surface area contributed by atoms with E-state index in [1.54, 1.807) is 12.5 Å². The van der Waals surface area contributed by atoms with Gasteiger partial charge >= 0.3 is 0 Å². The van der Waals surface area contributed by atoms with E-state index in [-0.39, 0.29) is 0 Å². The summed E-state index contributed by atoms with van der Waals surface area (Å²) in [5.41, 5.74) is 0. The first-order chi connectivity index (χ1) is 7.27. The van der Waals surface area contributed by atoms with E-state index in [0.717, 1.165) is 29.9 Å². The molecule has 15 heavy (non-hydrogen) atoms. The number of nitrogens with one attached hydrogen (secondary N) is 1. The van der Waals surface area contributed by atoms with Crippen LogP contribution in [0.1, 0.15) is 13.3 Å². The molecule has 0 bridgehead atoms. The molecule has 0 spiro atoms. The van der Waals surface area contributed by atoms with Crippen LogP contribution >= 0.6 is 15.9 Å². The van der Waals surface area contributed by atoms with Gasteiger partial charge in [0.1, 0.15) is 12.1 Å². The molecule has 0 aromatic carbocycles. The lowest BCUT2D eigenvalue weighted by Gasteiger charge is -2.20. The first-order valence-electron chi connectivity index (χ1n) is 5.07. The van der Waals surface area contributed by atoms with Crippen LogP contribution in [0.2, 0.25) is 0 Å². The van der Waals surface area contributed by atoms with Crippen molar-refractivity contribution in [3.05, 3.63) is 17.0 Å². The van der Waals surface area contributed by atoms with Crippen LogP contribution in [0, 0.1) is 5.92 Å². The molecule has 0 amide bonds. The largest absolute Gasteiger partial charge is 0.381 e. The highest BCUT2D eigenvalue weighted by molar-refractivity contribution is 9.10. The molecule has 1 aromatic rings. The smallest absolute Gasteiger partial charge is 0.143 e. The van der Waals surface area contributed by atoms with Gasteiger partial charge in [-0.2, -0.15) is 0 Å². The number of hydrogen-bond donors (Lipinski definition) is 1. The molecule has 82 valence electrons. The molecule has 5 heteroatoms. The number of rotatable bonds is 3. The third-order valence-corrected chi connectivity index (χ3v) is 3.28. The van der Waals surface area contributed by atoms with Gasteiger partial charge in [0, 0.05) is 24.8 Å². The minimum Gasteiger partial charge on any atom is -0.381 e. The zero-order valence-corrected chi connectivity index (χ0v) is 10.2. The normalized spacial score (nSPS) is 22.7. The lowest BCUT2D eigenvalue weighted by atomic mass is 10.0. The Morgan fingerprint density at radius 2 is 2.53 bits per heavy atom. The Bertz CT molecular complexity index is 328. The van der Waals surface area contributed by atoms with E-state index in [1.165, 1.54) is 0 Å². The second kappa shape index (κ2) is 4.90. The summed E-state index contributed by atoms with van der Waals surface area (Å²) in [5.74, 6) is 1.43. The molecule has 4 nitrogen and oxygen atoms in total. The summed E-state index contributed by atoms with van der Waals surface area (Å²) in [5, 5.41) is 3.37. The molecular formula is C10H14BrN3O. The van der Waals surface area contributed by atoms with Crippen molar-refractivity contribution in [2.75, 3.05) is 18.5 Å². The number of halogens is 1. The first-order valence-corrected chi connectivity index (χ1v) is 5.86.